The van der Waals surface area contributed by atoms with Crippen molar-refractivity contribution in [1.82, 2.24) is 20.4 Å². The normalized spacial score (nSPS) is 15.2. The van der Waals surface area contributed by atoms with Crippen molar-refractivity contribution in [2.75, 3.05) is 46.4 Å². The lowest BCUT2D eigenvalue weighted by molar-refractivity contribution is 0.131. The van der Waals surface area contributed by atoms with E-state index in [2.05, 4.69) is 64.6 Å². The van der Waals surface area contributed by atoms with Gasteiger partial charge in [-0.3, -0.25) is 4.90 Å². The summed E-state index contributed by atoms with van der Waals surface area (Å²) in [5.74, 6) is 1.69. The highest BCUT2D eigenvalue weighted by Crippen LogP contribution is 2.15. The Morgan fingerprint density at radius 3 is 2.34 bits per heavy atom. The molecule has 1 heterocycles. The van der Waals surface area contributed by atoms with E-state index in [4.69, 9.17) is 9.73 Å². The van der Waals surface area contributed by atoms with E-state index in [0.29, 0.717) is 6.54 Å². The van der Waals surface area contributed by atoms with Gasteiger partial charge in [0.2, 0.25) is 0 Å². The molecule has 0 saturated carbocycles. The van der Waals surface area contributed by atoms with E-state index in [0.717, 1.165) is 56.5 Å². The Morgan fingerprint density at radius 1 is 0.938 bits per heavy atom. The quantitative estimate of drug-likeness (QED) is 0.283. The fourth-order valence-corrected chi connectivity index (χ4v) is 3.85. The Morgan fingerprint density at radius 2 is 1.66 bits per heavy atom. The number of rotatable bonds is 9. The third kappa shape index (κ3) is 8.26. The molecule has 0 amide bonds. The highest BCUT2D eigenvalue weighted by molar-refractivity contribution is 14.0. The molecule has 0 atom stereocenters. The molecule has 6 nitrogen and oxygen atoms in total. The highest BCUT2D eigenvalue weighted by atomic mass is 127. The van der Waals surface area contributed by atoms with E-state index in [-0.39, 0.29) is 24.0 Å². The summed E-state index contributed by atoms with van der Waals surface area (Å²) in [5, 5.41) is 6.87. The van der Waals surface area contributed by atoms with E-state index in [9.17, 15) is 0 Å². The molecule has 3 rings (SSSR count). The molecule has 7 heteroatoms. The van der Waals surface area contributed by atoms with Crippen LogP contribution >= 0.6 is 24.0 Å². The van der Waals surface area contributed by atoms with Crippen LogP contribution in [-0.4, -0.2) is 62.1 Å². The van der Waals surface area contributed by atoms with E-state index in [1.54, 1.807) is 7.11 Å². The van der Waals surface area contributed by atoms with Crippen molar-refractivity contribution in [1.29, 1.82) is 0 Å². The van der Waals surface area contributed by atoms with Crippen molar-refractivity contribution in [3.63, 3.8) is 0 Å². The Bertz CT molecular complexity index is 837. The standard InChI is InChI=1S/C25H37N5O.HI/c1-4-26-25(27-18-21-9-8-12-24(17-21)31-3)28-19-22-10-6-7-11-23(22)20-30-15-13-29(5-2)14-16-30;/h6-12,17H,4-5,13-16,18-20H2,1-3H3,(H2,26,27,28);1H. The van der Waals surface area contributed by atoms with Crippen LogP contribution in [0.25, 0.3) is 0 Å². The lowest BCUT2D eigenvalue weighted by Crippen LogP contribution is -2.45. The molecule has 1 fully saturated rings. The number of piperazine rings is 1. The van der Waals surface area contributed by atoms with Crippen molar-refractivity contribution in [2.45, 2.75) is 33.5 Å². The maximum Gasteiger partial charge on any atom is 0.191 e. The molecule has 176 valence electrons. The first-order valence-electron chi connectivity index (χ1n) is 11.4. The zero-order valence-electron chi connectivity index (χ0n) is 19.6. The van der Waals surface area contributed by atoms with E-state index in [1.807, 2.05) is 18.2 Å². The van der Waals surface area contributed by atoms with Gasteiger partial charge in [-0.15, -0.1) is 24.0 Å². The monoisotopic (exact) mass is 551 g/mol. The molecule has 2 N–H and O–H groups in total. The van der Waals surface area contributed by atoms with E-state index < -0.39 is 0 Å². The summed E-state index contributed by atoms with van der Waals surface area (Å²) in [4.78, 5) is 9.84. The van der Waals surface area contributed by atoms with Crippen LogP contribution in [0.5, 0.6) is 5.75 Å². The second-order valence-electron chi connectivity index (χ2n) is 7.88. The van der Waals surface area contributed by atoms with Crippen molar-refractivity contribution in [3.05, 3.63) is 65.2 Å². The number of hydrogen-bond acceptors (Lipinski definition) is 4. The molecule has 0 aromatic heterocycles. The lowest BCUT2D eigenvalue weighted by Gasteiger charge is -2.34. The Balaban J connectivity index is 0.00000363. The number of nitrogens with zero attached hydrogens (tertiary/aromatic N) is 3. The van der Waals surface area contributed by atoms with E-state index in [1.165, 1.54) is 24.2 Å². The van der Waals surface area contributed by atoms with E-state index >= 15 is 0 Å². The van der Waals surface area contributed by atoms with Gasteiger partial charge in [0, 0.05) is 45.8 Å². The molecule has 2 aromatic carbocycles. The van der Waals surface area contributed by atoms with Crippen LogP contribution in [0.4, 0.5) is 0 Å². The number of halogens is 1. The van der Waals surface area contributed by atoms with Gasteiger partial charge in [-0.2, -0.15) is 0 Å². The maximum absolute atomic E-state index is 5.32. The van der Waals surface area contributed by atoms with Crippen LogP contribution in [-0.2, 0) is 19.6 Å². The van der Waals surface area contributed by atoms with Crippen LogP contribution in [0.2, 0.25) is 0 Å². The number of likely N-dealkylation sites (N-methyl/N-ethyl adjacent to an activating group) is 1. The number of ether oxygens (including phenoxy) is 1. The molecule has 32 heavy (non-hydrogen) atoms. The van der Waals surface area contributed by atoms with Crippen molar-refractivity contribution in [3.8, 4) is 5.75 Å². The van der Waals surface area contributed by atoms with Crippen LogP contribution in [0.15, 0.2) is 53.5 Å². The number of methoxy groups -OCH3 is 1. The summed E-state index contributed by atoms with van der Waals surface area (Å²) in [6.45, 7) is 13.3. The number of aliphatic imine (C=N–C) groups is 1. The third-order valence-corrected chi connectivity index (χ3v) is 5.77. The van der Waals surface area contributed by atoms with Gasteiger partial charge in [0.05, 0.1) is 13.7 Å². The predicted octanol–water partition coefficient (Wildman–Crippen LogP) is 3.71. The minimum absolute atomic E-state index is 0. The van der Waals surface area contributed by atoms with Crippen LogP contribution in [0.3, 0.4) is 0 Å². The number of benzene rings is 2. The molecule has 0 bridgehead atoms. The minimum Gasteiger partial charge on any atom is -0.497 e. The van der Waals surface area contributed by atoms with Gasteiger partial charge >= 0.3 is 0 Å². The lowest BCUT2D eigenvalue weighted by atomic mass is 10.1. The molecular formula is C25H38IN5O. The largest absolute Gasteiger partial charge is 0.497 e. The predicted molar refractivity (Wildman–Crippen MR) is 144 cm³/mol. The first kappa shape index (κ1) is 26.4. The fraction of sp³-hybridized carbons (Fsp3) is 0.480. The van der Waals surface area contributed by atoms with Gasteiger partial charge in [0.15, 0.2) is 5.96 Å². The molecule has 1 aliphatic heterocycles. The van der Waals surface area contributed by atoms with Gasteiger partial charge in [-0.25, -0.2) is 4.99 Å². The fourth-order valence-electron chi connectivity index (χ4n) is 3.85. The summed E-state index contributed by atoms with van der Waals surface area (Å²) >= 11 is 0. The molecule has 0 spiro atoms. The van der Waals surface area contributed by atoms with Gasteiger partial charge in [-0.05, 0) is 42.3 Å². The average Bonchev–Trinajstić information content (AvgIpc) is 2.82. The van der Waals surface area contributed by atoms with Gasteiger partial charge in [0.1, 0.15) is 5.75 Å². The second kappa shape index (κ2) is 14.3. The van der Waals surface area contributed by atoms with Crippen molar-refractivity contribution >= 4 is 29.9 Å². The summed E-state index contributed by atoms with van der Waals surface area (Å²) in [6.07, 6.45) is 0. The van der Waals surface area contributed by atoms with Crippen LogP contribution in [0, 0.1) is 0 Å². The summed E-state index contributed by atoms with van der Waals surface area (Å²) in [6, 6.07) is 16.8. The summed E-state index contributed by atoms with van der Waals surface area (Å²) in [7, 11) is 1.69. The molecule has 1 aliphatic rings. The van der Waals surface area contributed by atoms with Crippen molar-refractivity contribution < 1.29 is 4.74 Å². The molecule has 0 aliphatic carbocycles. The SMILES string of the molecule is CCNC(=NCc1cccc(OC)c1)NCc1ccccc1CN1CCN(CC)CC1.I. The first-order valence-corrected chi connectivity index (χ1v) is 11.4. The number of nitrogens with one attached hydrogen (secondary N) is 2. The summed E-state index contributed by atoms with van der Waals surface area (Å²) in [5.41, 5.74) is 3.85. The number of guanidine groups is 1. The third-order valence-electron chi connectivity index (χ3n) is 5.77. The Hall–Kier alpha value is -1.84. The second-order valence-corrected chi connectivity index (χ2v) is 7.88. The Kier molecular flexibility index (Phi) is 11.8. The minimum atomic E-state index is 0. The molecule has 2 aromatic rings. The molecular weight excluding hydrogens is 513 g/mol. The topological polar surface area (TPSA) is 52.1 Å². The van der Waals surface area contributed by atoms with Crippen LogP contribution < -0.4 is 15.4 Å². The highest BCUT2D eigenvalue weighted by Gasteiger charge is 2.16. The van der Waals surface area contributed by atoms with Gasteiger partial charge in [-0.1, -0.05) is 43.3 Å². The smallest absolute Gasteiger partial charge is 0.191 e. The molecule has 0 unspecified atom stereocenters. The Labute approximate surface area is 210 Å². The number of hydrogen-bond donors (Lipinski definition) is 2. The van der Waals surface area contributed by atoms with Gasteiger partial charge in [0.25, 0.3) is 0 Å². The molecule has 0 radical (unpaired) electrons. The van der Waals surface area contributed by atoms with Crippen molar-refractivity contribution in [2.24, 2.45) is 4.99 Å². The first-order chi connectivity index (χ1) is 15.2. The molecule has 1 saturated heterocycles. The summed E-state index contributed by atoms with van der Waals surface area (Å²) < 4.78 is 5.32. The zero-order chi connectivity index (χ0) is 21.9. The van der Waals surface area contributed by atoms with Crippen LogP contribution in [0.1, 0.15) is 30.5 Å². The van der Waals surface area contributed by atoms with Gasteiger partial charge < -0.3 is 20.3 Å². The average molecular weight is 552 g/mol. The zero-order valence-corrected chi connectivity index (χ0v) is 22.0. The maximum atomic E-state index is 5.32.